The van der Waals surface area contributed by atoms with Crippen LogP contribution in [0.4, 0.5) is 0 Å². The Labute approximate surface area is 133 Å². The van der Waals surface area contributed by atoms with Crippen LogP contribution in [-0.2, 0) is 0 Å². The fourth-order valence-corrected chi connectivity index (χ4v) is 3.47. The van der Waals surface area contributed by atoms with E-state index in [1.807, 2.05) is 0 Å². The van der Waals surface area contributed by atoms with Gasteiger partial charge in [-0.25, -0.2) is 4.98 Å². The number of hydrogen-bond donors (Lipinski definition) is 1. The summed E-state index contributed by atoms with van der Waals surface area (Å²) in [5.41, 5.74) is 0.438. The van der Waals surface area contributed by atoms with Crippen molar-refractivity contribution < 1.29 is 5.11 Å². The number of halogens is 1. The topological polar surface area (TPSA) is 68.0 Å². The van der Waals surface area contributed by atoms with E-state index < -0.39 is 0 Å². The highest BCUT2D eigenvalue weighted by molar-refractivity contribution is 7.20. The lowest BCUT2D eigenvalue weighted by atomic mass is 10.2. The van der Waals surface area contributed by atoms with Crippen LogP contribution in [0, 0.1) is 0 Å². The van der Waals surface area contributed by atoms with Gasteiger partial charge in [-0.2, -0.15) is 9.78 Å². The van der Waals surface area contributed by atoms with Gasteiger partial charge in [-0.15, -0.1) is 0 Å². The summed E-state index contributed by atoms with van der Waals surface area (Å²) in [5.74, 6) is 0.0327. The van der Waals surface area contributed by atoms with Crippen LogP contribution in [0.25, 0.3) is 26.1 Å². The third-order valence-corrected chi connectivity index (χ3v) is 4.56. The van der Waals surface area contributed by atoms with E-state index >= 15 is 0 Å². The van der Waals surface area contributed by atoms with Gasteiger partial charge >= 0.3 is 0 Å². The first-order chi connectivity index (χ1) is 10.6. The number of rotatable bonds is 1. The molecule has 0 bridgehead atoms. The van der Waals surface area contributed by atoms with Crippen molar-refractivity contribution >= 4 is 43.9 Å². The molecule has 108 valence electrons. The first-order valence-corrected chi connectivity index (χ1v) is 7.59. The Morgan fingerprint density at radius 2 is 2.05 bits per heavy atom. The molecular weight excluding hydrogens is 322 g/mol. The van der Waals surface area contributed by atoms with Gasteiger partial charge in [0.05, 0.1) is 21.8 Å². The molecule has 7 heteroatoms. The molecule has 0 aliphatic heterocycles. The van der Waals surface area contributed by atoms with Crippen molar-refractivity contribution in [3.63, 3.8) is 0 Å². The Morgan fingerprint density at radius 1 is 1.18 bits per heavy atom. The SMILES string of the molecule is O=c1c2cccc(O)c2cnn1-c1nc2ccc(Cl)cc2s1. The first kappa shape index (κ1) is 13.2. The molecule has 0 aliphatic rings. The minimum Gasteiger partial charge on any atom is -0.507 e. The monoisotopic (exact) mass is 329 g/mol. The highest BCUT2D eigenvalue weighted by Crippen LogP contribution is 2.27. The molecule has 5 nitrogen and oxygen atoms in total. The van der Waals surface area contributed by atoms with Gasteiger partial charge in [0.15, 0.2) is 0 Å². The molecule has 0 saturated carbocycles. The van der Waals surface area contributed by atoms with Crippen molar-refractivity contribution in [3.8, 4) is 10.9 Å². The average molecular weight is 330 g/mol. The van der Waals surface area contributed by atoms with E-state index in [4.69, 9.17) is 11.6 Å². The van der Waals surface area contributed by atoms with Crippen LogP contribution >= 0.6 is 22.9 Å². The lowest BCUT2D eigenvalue weighted by Crippen LogP contribution is -2.20. The van der Waals surface area contributed by atoms with Crippen LogP contribution < -0.4 is 5.56 Å². The lowest BCUT2D eigenvalue weighted by molar-refractivity contribution is 0.481. The molecule has 2 heterocycles. The highest BCUT2D eigenvalue weighted by atomic mass is 35.5. The molecule has 0 aliphatic carbocycles. The molecule has 0 amide bonds. The number of benzene rings is 2. The number of aromatic hydroxyl groups is 1. The third kappa shape index (κ3) is 1.96. The Bertz CT molecular complexity index is 1090. The number of phenolic OH excluding ortho intramolecular Hbond substituents is 1. The predicted molar refractivity (Wildman–Crippen MR) is 87.2 cm³/mol. The van der Waals surface area contributed by atoms with Gasteiger partial charge < -0.3 is 5.11 Å². The smallest absolute Gasteiger partial charge is 0.281 e. The summed E-state index contributed by atoms with van der Waals surface area (Å²) in [6.07, 6.45) is 1.46. The van der Waals surface area contributed by atoms with Gasteiger partial charge in [-0.05, 0) is 30.3 Å². The second-order valence-corrected chi connectivity index (χ2v) is 6.15. The zero-order valence-electron chi connectivity index (χ0n) is 11.0. The number of fused-ring (bicyclic) bond motifs is 2. The summed E-state index contributed by atoms with van der Waals surface area (Å²) in [6, 6.07) is 10.2. The third-order valence-electron chi connectivity index (χ3n) is 3.33. The number of thiazole rings is 1. The van der Waals surface area contributed by atoms with Crippen LogP contribution in [0.2, 0.25) is 5.02 Å². The Hall–Kier alpha value is -2.44. The quantitative estimate of drug-likeness (QED) is 0.581. The second kappa shape index (κ2) is 4.79. The average Bonchev–Trinajstić information content (AvgIpc) is 2.91. The van der Waals surface area contributed by atoms with Crippen molar-refractivity contribution in [1.82, 2.24) is 14.8 Å². The van der Waals surface area contributed by atoms with Crippen LogP contribution in [0.1, 0.15) is 0 Å². The number of hydrogen-bond acceptors (Lipinski definition) is 5. The predicted octanol–water partition coefficient (Wildman–Crippen LogP) is 3.35. The van der Waals surface area contributed by atoms with E-state index in [-0.39, 0.29) is 11.3 Å². The molecule has 0 atom stereocenters. The number of nitrogens with zero attached hydrogens (tertiary/aromatic N) is 3. The Balaban J connectivity index is 2.00. The molecule has 22 heavy (non-hydrogen) atoms. The number of aromatic nitrogens is 3. The molecule has 2 aromatic heterocycles. The maximum atomic E-state index is 12.6. The van der Waals surface area contributed by atoms with Crippen molar-refractivity contribution in [2.45, 2.75) is 0 Å². The maximum absolute atomic E-state index is 12.6. The van der Waals surface area contributed by atoms with Gasteiger partial charge in [-0.3, -0.25) is 4.79 Å². The second-order valence-electron chi connectivity index (χ2n) is 4.71. The molecule has 0 spiro atoms. The van der Waals surface area contributed by atoms with E-state index in [1.165, 1.54) is 28.3 Å². The van der Waals surface area contributed by atoms with Gasteiger partial charge in [0.1, 0.15) is 5.75 Å². The molecule has 4 aromatic rings. The van der Waals surface area contributed by atoms with Crippen molar-refractivity contribution in [2.75, 3.05) is 0 Å². The van der Waals surface area contributed by atoms with Gasteiger partial charge in [0.25, 0.3) is 5.56 Å². The summed E-state index contributed by atoms with van der Waals surface area (Å²) >= 11 is 7.30. The number of phenols is 1. The summed E-state index contributed by atoms with van der Waals surface area (Å²) in [5, 5.41) is 15.8. The van der Waals surface area contributed by atoms with E-state index in [0.29, 0.717) is 20.9 Å². The normalized spacial score (nSPS) is 11.3. The highest BCUT2D eigenvalue weighted by Gasteiger charge is 2.12. The largest absolute Gasteiger partial charge is 0.507 e. The molecule has 1 N–H and O–H groups in total. The first-order valence-electron chi connectivity index (χ1n) is 6.40. The fourth-order valence-electron chi connectivity index (χ4n) is 2.27. The van der Waals surface area contributed by atoms with E-state index in [0.717, 1.165) is 10.2 Å². The molecule has 4 rings (SSSR count). The van der Waals surface area contributed by atoms with Crippen LogP contribution in [0.3, 0.4) is 0 Å². The lowest BCUT2D eigenvalue weighted by Gasteiger charge is -2.03. The summed E-state index contributed by atoms with van der Waals surface area (Å²) in [4.78, 5) is 17.0. The van der Waals surface area contributed by atoms with Crippen LogP contribution in [0.5, 0.6) is 5.75 Å². The summed E-state index contributed by atoms with van der Waals surface area (Å²) in [7, 11) is 0. The van der Waals surface area contributed by atoms with Crippen molar-refractivity contribution in [1.29, 1.82) is 0 Å². The van der Waals surface area contributed by atoms with Crippen LogP contribution in [0.15, 0.2) is 47.4 Å². The summed E-state index contributed by atoms with van der Waals surface area (Å²) < 4.78 is 2.12. The molecule has 2 aromatic carbocycles. The van der Waals surface area contributed by atoms with Gasteiger partial charge in [0.2, 0.25) is 5.13 Å². The maximum Gasteiger partial charge on any atom is 0.281 e. The van der Waals surface area contributed by atoms with Gasteiger partial charge in [-0.1, -0.05) is 29.0 Å². The van der Waals surface area contributed by atoms with Crippen molar-refractivity contribution in [3.05, 3.63) is 58.0 Å². The minimum absolute atomic E-state index is 0.0327. The molecule has 0 unspecified atom stereocenters. The fraction of sp³-hybridized carbons (Fsp3) is 0. The molecule has 0 fully saturated rings. The van der Waals surface area contributed by atoms with Crippen LogP contribution in [-0.4, -0.2) is 19.9 Å². The Morgan fingerprint density at radius 3 is 2.91 bits per heavy atom. The van der Waals surface area contributed by atoms with E-state index in [9.17, 15) is 9.90 Å². The zero-order chi connectivity index (χ0) is 15.3. The van der Waals surface area contributed by atoms with E-state index in [1.54, 1.807) is 30.3 Å². The minimum atomic E-state index is -0.321. The molecule has 0 saturated heterocycles. The Kier molecular flexibility index (Phi) is 2.88. The van der Waals surface area contributed by atoms with E-state index in [2.05, 4.69) is 10.1 Å². The zero-order valence-corrected chi connectivity index (χ0v) is 12.6. The van der Waals surface area contributed by atoms with Gasteiger partial charge in [0, 0.05) is 10.4 Å². The summed E-state index contributed by atoms with van der Waals surface area (Å²) in [6.45, 7) is 0. The standard InChI is InChI=1S/C15H8ClN3O2S/c16-8-4-5-11-13(6-8)22-15(18-11)19-14(21)9-2-1-3-12(20)10(9)7-17-19/h1-7,20H. The molecule has 0 radical (unpaired) electrons. The van der Waals surface area contributed by atoms with Crippen molar-refractivity contribution in [2.24, 2.45) is 0 Å². The molecular formula is C15H8ClN3O2S.